The van der Waals surface area contributed by atoms with Crippen LogP contribution in [0.15, 0.2) is 30.3 Å². The Hall–Kier alpha value is -2.34. The van der Waals surface area contributed by atoms with Gasteiger partial charge in [-0.15, -0.1) is 0 Å². The number of amides is 2. The first-order valence-corrected chi connectivity index (χ1v) is 7.64. The summed E-state index contributed by atoms with van der Waals surface area (Å²) in [5.74, 6) is -0.893. The normalized spacial score (nSPS) is 10.4. The van der Waals surface area contributed by atoms with Crippen molar-refractivity contribution in [3.8, 4) is 5.75 Å². The fourth-order valence-corrected chi connectivity index (χ4v) is 2.19. The zero-order valence-corrected chi connectivity index (χ0v) is 14.0. The van der Waals surface area contributed by atoms with Crippen molar-refractivity contribution in [1.82, 2.24) is 5.32 Å². The number of carbonyl (C=O) groups excluding carboxylic acids is 1. The van der Waals surface area contributed by atoms with Crippen LogP contribution >= 0.6 is 11.6 Å². The molecule has 0 fully saturated rings. The zero-order chi connectivity index (χ0) is 17.7. The Morgan fingerprint density at radius 3 is 2.46 bits per heavy atom. The second-order valence-corrected chi connectivity index (χ2v) is 5.60. The molecule has 2 aromatic rings. The highest BCUT2D eigenvalue weighted by Crippen LogP contribution is 2.25. The van der Waals surface area contributed by atoms with Crippen LogP contribution in [0.3, 0.4) is 0 Å². The number of hydrogen-bond acceptors (Lipinski definition) is 2. The first-order valence-electron chi connectivity index (χ1n) is 7.26. The van der Waals surface area contributed by atoms with Gasteiger partial charge in [-0.1, -0.05) is 11.6 Å². The van der Waals surface area contributed by atoms with Gasteiger partial charge in [-0.2, -0.15) is 0 Å². The number of rotatable bonds is 5. The van der Waals surface area contributed by atoms with Gasteiger partial charge in [0.1, 0.15) is 24.0 Å². The molecule has 128 valence electrons. The first kappa shape index (κ1) is 18.0. The summed E-state index contributed by atoms with van der Waals surface area (Å²) in [6.45, 7) is 4.21. The van der Waals surface area contributed by atoms with Crippen molar-refractivity contribution in [3.05, 3.63) is 58.1 Å². The van der Waals surface area contributed by atoms with Gasteiger partial charge in [-0.3, -0.25) is 0 Å². The highest BCUT2D eigenvalue weighted by molar-refractivity contribution is 6.32. The molecular weight excluding hydrogens is 338 g/mol. The minimum atomic E-state index is -0.839. The SMILES string of the molecule is Cc1cc(OCCNC(=O)Nc2ccc(F)cc2F)cc(C)c1Cl. The molecule has 4 nitrogen and oxygen atoms in total. The maximum Gasteiger partial charge on any atom is 0.319 e. The average Bonchev–Trinajstić information content (AvgIpc) is 2.52. The molecule has 0 unspecified atom stereocenters. The van der Waals surface area contributed by atoms with Gasteiger partial charge >= 0.3 is 6.03 Å². The summed E-state index contributed by atoms with van der Waals surface area (Å²) in [5.41, 5.74) is 1.71. The molecule has 0 aliphatic carbocycles. The molecule has 0 atom stereocenters. The van der Waals surface area contributed by atoms with Crippen LogP contribution in [-0.2, 0) is 0 Å². The third-order valence-electron chi connectivity index (χ3n) is 3.25. The number of urea groups is 1. The largest absolute Gasteiger partial charge is 0.492 e. The summed E-state index contributed by atoms with van der Waals surface area (Å²) in [7, 11) is 0. The fourth-order valence-electron chi connectivity index (χ4n) is 2.08. The van der Waals surface area contributed by atoms with Crippen molar-refractivity contribution in [3.63, 3.8) is 0 Å². The van der Waals surface area contributed by atoms with Gasteiger partial charge in [-0.05, 0) is 49.2 Å². The van der Waals surface area contributed by atoms with E-state index in [1.165, 1.54) is 0 Å². The minimum absolute atomic E-state index is 0.0984. The third kappa shape index (κ3) is 4.83. The number of carbonyl (C=O) groups is 1. The molecule has 2 aromatic carbocycles. The van der Waals surface area contributed by atoms with Crippen molar-refractivity contribution < 1.29 is 18.3 Å². The Morgan fingerprint density at radius 2 is 1.83 bits per heavy atom. The van der Waals surface area contributed by atoms with Crippen molar-refractivity contribution in [2.45, 2.75) is 13.8 Å². The van der Waals surface area contributed by atoms with Crippen LogP contribution in [0.1, 0.15) is 11.1 Å². The van der Waals surface area contributed by atoms with Gasteiger partial charge < -0.3 is 15.4 Å². The lowest BCUT2D eigenvalue weighted by Gasteiger charge is -2.11. The van der Waals surface area contributed by atoms with Crippen molar-refractivity contribution in [2.75, 3.05) is 18.5 Å². The number of benzene rings is 2. The van der Waals surface area contributed by atoms with Crippen molar-refractivity contribution in [2.24, 2.45) is 0 Å². The number of hydrogen-bond donors (Lipinski definition) is 2. The van der Waals surface area contributed by atoms with Crippen LogP contribution in [0.4, 0.5) is 19.3 Å². The molecule has 24 heavy (non-hydrogen) atoms. The molecule has 0 aromatic heterocycles. The van der Waals surface area contributed by atoms with E-state index in [4.69, 9.17) is 16.3 Å². The van der Waals surface area contributed by atoms with Gasteiger partial charge in [0.05, 0.1) is 12.2 Å². The van der Waals surface area contributed by atoms with Crippen LogP contribution < -0.4 is 15.4 Å². The lowest BCUT2D eigenvalue weighted by atomic mass is 10.1. The van der Waals surface area contributed by atoms with E-state index in [2.05, 4.69) is 10.6 Å². The van der Waals surface area contributed by atoms with Crippen LogP contribution in [-0.4, -0.2) is 19.2 Å². The molecule has 0 spiro atoms. The number of halogens is 3. The molecule has 0 bridgehead atoms. The van der Waals surface area contributed by atoms with Gasteiger partial charge in [-0.25, -0.2) is 13.6 Å². The second-order valence-electron chi connectivity index (χ2n) is 5.22. The predicted octanol–water partition coefficient (Wildman–Crippen LogP) is 4.44. The summed E-state index contributed by atoms with van der Waals surface area (Å²) in [5, 5.41) is 5.51. The van der Waals surface area contributed by atoms with Crippen molar-refractivity contribution >= 4 is 23.3 Å². The van der Waals surface area contributed by atoms with E-state index < -0.39 is 17.7 Å². The van der Waals surface area contributed by atoms with Gasteiger partial charge in [0.25, 0.3) is 0 Å². The van der Waals surface area contributed by atoms with Crippen LogP contribution in [0.2, 0.25) is 5.02 Å². The topological polar surface area (TPSA) is 50.4 Å². The molecule has 2 N–H and O–H groups in total. The lowest BCUT2D eigenvalue weighted by Crippen LogP contribution is -2.32. The molecule has 0 saturated heterocycles. The molecule has 0 heterocycles. The summed E-state index contributed by atoms with van der Waals surface area (Å²) in [6.07, 6.45) is 0. The number of aryl methyl sites for hydroxylation is 2. The highest BCUT2D eigenvalue weighted by Gasteiger charge is 2.08. The Bertz CT molecular complexity index is 730. The van der Waals surface area contributed by atoms with Gasteiger partial charge in [0.15, 0.2) is 0 Å². The molecule has 0 aliphatic heterocycles. The number of anilines is 1. The molecule has 2 rings (SSSR count). The Morgan fingerprint density at radius 1 is 1.17 bits per heavy atom. The molecule has 2 amide bonds. The first-order chi connectivity index (χ1) is 11.4. The van der Waals surface area contributed by atoms with E-state index in [1.54, 1.807) is 0 Å². The Balaban J connectivity index is 1.79. The van der Waals surface area contributed by atoms with E-state index >= 15 is 0 Å². The van der Waals surface area contributed by atoms with E-state index in [0.717, 1.165) is 23.3 Å². The summed E-state index contributed by atoms with van der Waals surface area (Å²) in [4.78, 5) is 11.7. The maximum atomic E-state index is 13.4. The summed E-state index contributed by atoms with van der Waals surface area (Å²) < 4.78 is 31.7. The van der Waals surface area contributed by atoms with E-state index in [0.29, 0.717) is 16.8 Å². The fraction of sp³-hybridized carbons (Fsp3) is 0.235. The highest BCUT2D eigenvalue weighted by atomic mass is 35.5. The Kier molecular flexibility index (Phi) is 5.98. The van der Waals surface area contributed by atoms with E-state index in [-0.39, 0.29) is 18.8 Å². The summed E-state index contributed by atoms with van der Waals surface area (Å²) in [6, 6.07) is 5.93. The Labute approximate surface area is 143 Å². The molecular formula is C17H17ClF2N2O2. The second kappa shape index (κ2) is 7.97. The molecule has 0 radical (unpaired) electrons. The predicted molar refractivity (Wildman–Crippen MR) is 89.8 cm³/mol. The molecule has 0 aliphatic rings. The van der Waals surface area contributed by atoms with E-state index in [9.17, 15) is 13.6 Å². The van der Waals surface area contributed by atoms with E-state index in [1.807, 2.05) is 26.0 Å². The molecule has 0 saturated carbocycles. The lowest BCUT2D eigenvalue weighted by molar-refractivity contribution is 0.247. The maximum absolute atomic E-state index is 13.4. The molecule has 7 heteroatoms. The van der Waals surface area contributed by atoms with Crippen LogP contribution in [0.25, 0.3) is 0 Å². The summed E-state index contributed by atoms with van der Waals surface area (Å²) >= 11 is 6.08. The van der Waals surface area contributed by atoms with Crippen molar-refractivity contribution in [1.29, 1.82) is 0 Å². The van der Waals surface area contributed by atoms with Gasteiger partial charge in [0, 0.05) is 11.1 Å². The smallest absolute Gasteiger partial charge is 0.319 e. The monoisotopic (exact) mass is 354 g/mol. The third-order valence-corrected chi connectivity index (χ3v) is 3.84. The standard InChI is InChI=1S/C17H17ClF2N2O2/c1-10-7-13(8-11(2)16(10)18)24-6-5-21-17(23)22-15-4-3-12(19)9-14(15)20/h3-4,7-9H,5-6H2,1-2H3,(H2,21,22,23). The zero-order valence-electron chi connectivity index (χ0n) is 13.3. The van der Waals surface area contributed by atoms with Gasteiger partial charge in [0.2, 0.25) is 0 Å². The van der Waals surface area contributed by atoms with Crippen LogP contribution in [0, 0.1) is 25.5 Å². The minimum Gasteiger partial charge on any atom is -0.492 e. The number of nitrogens with one attached hydrogen (secondary N) is 2. The quantitative estimate of drug-likeness (QED) is 0.780. The average molecular weight is 355 g/mol. The van der Waals surface area contributed by atoms with Crippen LogP contribution in [0.5, 0.6) is 5.75 Å². The number of ether oxygens (including phenoxy) is 1.